The summed E-state index contributed by atoms with van der Waals surface area (Å²) in [5.74, 6) is 1.14. The van der Waals surface area contributed by atoms with Crippen LogP contribution in [0.25, 0.3) is 11.5 Å². The van der Waals surface area contributed by atoms with E-state index in [9.17, 15) is 4.79 Å². The number of nitrogens with one attached hydrogen (secondary N) is 1. The molecule has 2 aromatic rings. The summed E-state index contributed by atoms with van der Waals surface area (Å²) in [6, 6.07) is 5.74. The van der Waals surface area contributed by atoms with Crippen molar-refractivity contribution in [1.82, 2.24) is 10.1 Å². The summed E-state index contributed by atoms with van der Waals surface area (Å²) >= 11 is 0. The quantitative estimate of drug-likeness (QED) is 0.938. The molecule has 6 heteroatoms. The van der Waals surface area contributed by atoms with Gasteiger partial charge in [-0.25, -0.2) is 0 Å². The minimum absolute atomic E-state index is 0.0263. The van der Waals surface area contributed by atoms with Crippen molar-refractivity contribution >= 4 is 11.6 Å². The SMILES string of the molecule is Cc1cccc(-c2nc(C(C)C)no2)c1NC(=O)[C@@H]1CCOC1. The van der Waals surface area contributed by atoms with Crippen LogP contribution >= 0.6 is 0 Å². The highest BCUT2D eigenvalue weighted by atomic mass is 16.5. The number of para-hydroxylation sites is 1. The molecule has 1 amide bonds. The molecular formula is C17H21N3O3. The molecule has 0 spiro atoms. The third-order valence-corrected chi connectivity index (χ3v) is 4.01. The summed E-state index contributed by atoms with van der Waals surface area (Å²) < 4.78 is 10.7. The Morgan fingerprint density at radius 3 is 2.87 bits per heavy atom. The Bertz CT molecular complexity index is 703. The van der Waals surface area contributed by atoms with Crippen LogP contribution in [0, 0.1) is 12.8 Å². The lowest BCUT2D eigenvalue weighted by atomic mass is 10.0. The second-order valence-corrected chi connectivity index (χ2v) is 6.16. The second-order valence-electron chi connectivity index (χ2n) is 6.16. The molecule has 0 radical (unpaired) electrons. The fourth-order valence-corrected chi connectivity index (χ4v) is 2.56. The van der Waals surface area contributed by atoms with Crippen molar-refractivity contribution in [3.63, 3.8) is 0 Å². The van der Waals surface area contributed by atoms with Gasteiger partial charge in [0.25, 0.3) is 5.89 Å². The Balaban J connectivity index is 1.91. The van der Waals surface area contributed by atoms with E-state index in [0.29, 0.717) is 24.9 Å². The summed E-state index contributed by atoms with van der Waals surface area (Å²) in [6.07, 6.45) is 0.755. The van der Waals surface area contributed by atoms with Gasteiger partial charge in [0, 0.05) is 12.5 Å². The van der Waals surface area contributed by atoms with E-state index >= 15 is 0 Å². The van der Waals surface area contributed by atoms with Crippen molar-refractivity contribution in [2.24, 2.45) is 5.92 Å². The van der Waals surface area contributed by atoms with Gasteiger partial charge in [0.1, 0.15) is 0 Å². The zero-order valence-electron chi connectivity index (χ0n) is 13.6. The summed E-state index contributed by atoms with van der Waals surface area (Å²) in [4.78, 5) is 16.8. The maximum Gasteiger partial charge on any atom is 0.260 e. The highest BCUT2D eigenvalue weighted by Crippen LogP contribution is 2.31. The third-order valence-electron chi connectivity index (χ3n) is 4.01. The van der Waals surface area contributed by atoms with E-state index in [2.05, 4.69) is 15.5 Å². The van der Waals surface area contributed by atoms with Crippen LogP contribution in [-0.2, 0) is 9.53 Å². The van der Waals surface area contributed by atoms with Gasteiger partial charge in [0.15, 0.2) is 5.82 Å². The number of carbonyl (C=O) groups is 1. The first kappa shape index (κ1) is 15.7. The van der Waals surface area contributed by atoms with Crippen LogP contribution in [0.4, 0.5) is 5.69 Å². The highest BCUT2D eigenvalue weighted by molar-refractivity contribution is 5.97. The Labute approximate surface area is 135 Å². The van der Waals surface area contributed by atoms with Gasteiger partial charge >= 0.3 is 0 Å². The largest absolute Gasteiger partial charge is 0.381 e. The van der Waals surface area contributed by atoms with Crippen molar-refractivity contribution in [3.05, 3.63) is 29.6 Å². The molecule has 3 rings (SSSR count). The number of aromatic nitrogens is 2. The van der Waals surface area contributed by atoms with Crippen LogP contribution in [0.5, 0.6) is 0 Å². The highest BCUT2D eigenvalue weighted by Gasteiger charge is 2.25. The van der Waals surface area contributed by atoms with Crippen LogP contribution < -0.4 is 5.32 Å². The number of carbonyl (C=O) groups excluding carboxylic acids is 1. The summed E-state index contributed by atoms with van der Waals surface area (Å²) in [5, 5.41) is 7.01. The average molecular weight is 315 g/mol. The number of hydrogen-bond acceptors (Lipinski definition) is 5. The minimum atomic E-state index is -0.101. The predicted molar refractivity (Wildman–Crippen MR) is 86.1 cm³/mol. The lowest BCUT2D eigenvalue weighted by molar-refractivity contribution is -0.119. The molecular weight excluding hydrogens is 294 g/mol. The Morgan fingerprint density at radius 2 is 2.22 bits per heavy atom. The van der Waals surface area contributed by atoms with Crippen LogP contribution in [-0.4, -0.2) is 29.3 Å². The minimum Gasteiger partial charge on any atom is -0.381 e. The molecule has 0 unspecified atom stereocenters. The number of ether oxygens (including phenoxy) is 1. The Morgan fingerprint density at radius 1 is 1.39 bits per heavy atom. The van der Waals surface area contributed by atoms with E-state index in [4.69, 9.17) is 9.26 Å². The number of hydrogen-bond donors (Lipinski definition) is 1. The van der Waals surface area contributed by atoms with E-state index in [1.807, 2.05) is 39.0 Å². The molecule has 1 fully saturated rings. The summed E-state index contributed by atoms with van der Waals surface area (Å²) in [5.41, 5.74) is 2.43. The van der Waals surface area contributed by atoms with E-state index in [-0.39, 0.29) is 17.7 Å². The first-order valence-electron chi connectivity index (χ1n) is 7.88. The maximum absolute atomic E-state index is 12.4. The fourth-order valence-electron chi connectivity index (χ4n) is 2.56. The predicted octanol–water partition coefficient (Wildman–Crippen LogP) is 3.14. The van der Waals surface area contributed by atoms with Crippen molar-refractivity contribution in [2.45, 2.75) is 33.1 Å². The molecule has 23 heavy (non-hydrogen) atoms. The fraction of sp³-hybridized carbons (Fsp3) is 0.471. The van der Waals surface area contributed by atoms with Crippen LogP contribution in [0.15, 0.2) is 22.7 Å². The van der Waals surface area contributed by atoms with Crippen LogP contribution in [0.2, 0.25) is 0 Å². The van der Waals surface area contributed by atoms with Gasteiger partial charge < -0.3 is 14.6 Å². The van der Waals surface area contributed by atoms with Gasteiger partial charge in [-0.1, -0.05) is 31.1 Å². The van der Waals surface area contributed by atoms with Gasteiger partial charge in [-0.15, -0.1) is 0 Å². The van der Waals surface area contributed by atoms with Gasteiger partial charge in [0.2, 0.25) is 5.91 Å². The van der Waals surface area contributed by atoms with Crippen molar-refractivity contribution in [1.29, 1.82) is 0 Å². The summed E-state index contributed by atoms with van der Waals surface area (Å²) in [7, 11) is 0. The zero-order valence-corrected chi connectivity index (χ0v) is 13.6. The second kappa shape index (κ2) is 6.50. The molecule has 122 valence electrons. The Hall–Kier alpha value is -2.21. The van der Waals surface area contributed by atoms with Crippen LogP contribution in [0.3, 0.4) is 0 Å². The topological polar surface area (TPSA) is 77.3 Å². The zero-order chi connectivity index (χ0) is 16.4. The third kappa shape index (κ3) is 3.27. The summed E-state index contributed by atoms with van der Waals surface area (Å²) in [6.45, 7) is 7.08. The number of nitrogens with zero attached hydrogens (tertiary/aromatic N) is 2. The molecule has 1 aromatic heterocycles. The van der Waals surface area contributed by atoms with E-state index in [1.165, 1.54) is 0 Å². The van der Waals surface area contributed by atoms with Gasteiger partial charge in [-0.2, -0.15) is 4.98 Å². The van der Waals surface area contributed by atoms with Gasteiger partial charge in [0.05, 0.1) is 23.8 Å². The molecule has 6 nitrogen and oxygen atoms in total. The lowest BCUT2D eigenvalue weighted by Gasteiger charge is -2.14. The average Bonchev–Trinajstić information content (AvgIpc) is 3.20. The molecule has 0 bridgehead atoms. The number of benzene rings is 1. The molecule has 0 saturated carbocycles. The van der Waals surface area contributed by atoms with E-state index < -0.39 is 0 Å². The van der Waals surface area contributed by atoms with E-state index in [1.54, 1.807) is 0 Å². The molecule has 1 aliphatic rings. The maximum atomic E-state index is 12.4. The monoisotopic (exact) mass is 315 g/mol. The van der Waals surface area contributed by atoms with Crippen molar-refractivity contribution < 1.29 is 14.1 Å². The number of rotatable bonds is 4. The smallest absolute Gasteiger partial charge is 0.260 e. The first-order valence-corrected chi connectivity index (χ1v) is 7.88. The molecule has 1 aromatic carbocycles. The van der Waals surface area contributed by atoms with E-state index in [0.717, 1.165) is 23.2 Å². The normalized spacial score (nSPS) is 17.7. The number of anilines is 1. The molecule has 2 heterocycles. The molecule has 1 aliphatic heterocycles. The molecule has 1 N–H and O–H groups in total. The molecule has 0 aliphatic carbocycles. The Kier molecular flexibility index (Phi) is 4.43. The van der Waals surface area contributed by atoms with Crippen molar-refractivity contribution in [3.8, 4) is 11.5 Å². The molecule has 1 atom stereocenters. The first-order chi connectivity index (χ1) is 11.1. The lowest BCUT2D eigenvalue weighted by Crippen LogP contribution is -2.23. The van der Waals surface area contributed by atoms with Gasteiger partial charge in [-0.3, -0.25) is 4.79 Å². The van der Waals surface area contributed by atoms with Gasteiger partial charge in [-0.05, 0) is 25.0 Å². The van der Waals surface area contributed by atoms with Crippen molar-refractivity contribution in [2.75, 3.05) is 18.5 Å². The standard InChI is InChI=1S/C17H21N3O3/c1-10(2)15-19-17(23-20-15)13-6-4-5-11(3)14(13)18-16(21)12-7-8-22-9-12/h4-6,10,12H,7-9H2,1-3H3,(H,18,21)/t12-/m1/s1. The number of amides is 1. The molecule has 1 saturated heterocycles. The van der Waals surface area contributed by atoms with Crippen LogP contribution in [0.1, 0.15) is 37.6 Å². The number of aryl methyl sites for hydroxylation is 1.